The normalized spacial score (nSPS) is 21.5. The number of carbonyl (C=O) groups is 1. The van der Waals surface area contributed by atoms with Crippen LogP contribution < -0.4 is 4.90 Å². The van der Waals surface area contributed by atoms with Gasteiger partial charge in [0.1, 0.15) is 0 Å². The molecule has 4 heteroatoms. The van der Waals surface area contributed by atoms with Crippen molar-refractivity contribution in [2.75, 3.05) is 11.4 Å². The fraction of sp³-hybridized carbons (Fsp3) is 0.500. The monoisotopic (exact) mass is 290 g/mol. The molecule has 1 aliphatic heterocycles. The Morgan fingerprint density at radius 3 is 2.75 bits per heavy atom. The molecule has 20 heavy (non-hydrogen) atoms. The molecule has 1 aromatic rings. The number of amides is 1. The van der Waals surface area contributed by atoms with Crippen LogP contribution in [0.5, 0.6) is 0 Å². The first-order valence-corrected chi connectivity index (χ1v) is 7.06. The Morgan fingerprint density at radius 1 is 1.55 bits per heavy atom. The summed E-state index contributed by atoms with van der Waals surface area (Å²) in [6, 6.07) is 7.97. The summed E-state index contributed by atoms with van der Waals surface area (Å²) < 4.78 is 0. The number of hydrogen-bond donors (Lipinski definition) is 0. The van der Waals surface area contributed by atoms with Crippen LogP contribution in [-0.4, -0.2) is 12.5 Å². The minimum atomic E-state index is -0.460. The molecule has 2 rings (SSSR count). The van der Waals surface area contributed by atoms with Crippen molar-refractivity contribution in [2.24, 2.45) is 5.41 Å². The van der Waals surface area contributed by atoms with Crippen molar-refractivity contribution in [3.63, 3.8) is 0 Å². The third-order valence-electron chi connectivity index (χ3n) is 3.91. The number of carbonyl (C=O) groups excluding carboxylic acids is 1. The lowest BCUT2D eigenvalue weighted by atomic mass is 9.72. The van der Waals surface area contributed by atoms with E-state index in [1.807, 2.05) is 32.0 Å². The van der Waals surface area contributed by atoms with Gasteiger partial charge in [0.25, 0.3) is 0 Å². The molecular formula is C16H19ClN2O. The SMILES string of the molecule is CC(=O)N1CC(C)(CC(C)(C)C#N)c2c(Cl)cccc21. The molecule has 1 amide bonds. The Labute approximate surface area is 125 Å². The van der Waals surface area contributed by atoms with Gasteiger partial charge in [0.05, 0.1) is 11.5 Å². The number of benzene rings is 1. The maximum Gasteiger partial charge on any atom is 0.223 e. The lowest BCUT2D eigenvalue weighted by Gasteiger charge is -2.31. The van der Waals surface area contributed by atoms with Gasteiger partial charge in [-0.3, -0.25) is 4.79 Å². The number of halogens is 1. The zero-order chi connectivity index (χ0) is 15.1. The number of nitrogens with zero attached hydrogens (tertiary/aromatic N) is 2. The van der Waals surface area contributed by atoms with Crippen LogP contribution in [0, 0.1) is 16.7 Å². The molecule has 3 nitrogen and oxygen atoms in total. The quantitative estimate of drug-likeness (QED) is 0.829. The largest absolute Gasteiger partial charge is 0.311 e. The fourth-order valence-corrected chi connectivity index (χ4v) is 3.69. The van der Waals surface area contributed by atoms with Crippen LogP contribution >= 0.6 is 11.6 Å². The van der Waals surface area contributed by atoms with Gasteiger partial charge in [-0.1, -0.05) is 24.6 Å². The predicted octanol–water partition coefficient (Wildman–Crippen LogP) is 3.90. The van der Waals surface area contributed by atoms with E-state index in [1.165, 1.54) is 0 Å². The van der Waals surface area contributed by atoms with Gasteiger partial charge in [0.2, 0.25) is 5.91 Å². The van der Waals surface area contributed by atoms with Gasteiger partial charge in [0, 0.05) is 35.2 Å². The topological polar surface area (TPSA) is 44.1 Å². The molecule has 0 radical (unpaired) electrons. The highest BCUT2D eigenvalue weighted by molar-refractivity contribution is 6.32. The standard InChI is InChI=1S/C16H19ClN2O/c1-11(20)19-10-16(4,8-15(2,3)9-18)14-12(17)6-5-7-13(14)19/h5-7H,8,10H2,1-4H3. The zero-order valence-corrected chi connectivity index (χ0v) is 13.1. The van der Waals surface area contributed by atoms with E-state index >= 15 is 0 Å². The van der Waals surface area contributed by atoms with Crippen molar-refractivity contribution in [1.82, 2.24) is 0 Å². The van der Waals surface area contributed by atoms with Crippen molar-refractivity contribution < 1.29 is 4.79 Å². The Balaban J connectivity index is 2.54. The van der Waals surface area contributed by atoms with Gasteiger partial charge >= 0.3 is 0 Å². The second-order valence-electron chi connectivity index (χ2n) is 6.47. The zero-order valence-electron chi connectivity index (χ0n) is 12.3. The summed E-state index contributed by atoms with van der Waals surface area (Å²) in [6.45, 7) is 8.06. The average Bonchev–Trinajstić information content (AvgIpc) is 2.63. The van der Waals surface area contributed by atoms with Crippen molar-refractivity contribution in [3.05, 3.63) is 28.8 Å². The highest BCUT2D eigenvalue weighted by Crippen LogP contribution is 2.49. The van der Waals surface area contributed by atoms with E-state index in [0.717, 1.165) is 11.3 Å². The Kier molecular flexibility index (Phi) is 3.56. The Morgan fingerprint density at radius 2 is 2.20 bits per heavy atom. The Hall–Kier alpha value is -1.53. The second-order valence-corrected chi connectivity index (χ2v) is 6.88. The summed E-state index contributed by atoms with van der Waals surface area (Å²) >= 11 is 6.38. The van der Waals surface area contributed by atoms with Crippen molar-refractivity contribution in [3.8, 4) is 6.07 Å². The highest BCUT2D eigenvalue weighted by Gasteiger charge is 2.44. The van der Waals surface area contributed by atoms with Crippen molar-refractivity contribution in [1.29, 1.82) is 5.26 Å². The molecule has 1 atom stereocenters. The maximum atomic E-state index is 11.9. The molecule has 0 aliphatic carbocycles. The van der Waals surface area contributed by atoms with Crippen molar-refractivity contribution >= 4 is 23.2 Å². The van der Waals surface area contributed by atoms with Crippen LogP contribution in [0.1, 0.15) is 39.7 Å². The third-order valence-corrected chi connectivity index (χ3v) is 4.22. The third kappa shape index (κ3) is 2.41. The van der Waals surface area contributed by atoms with E-state index in [2.05, 4.69) is 13.0 Å². The van der Waals surface area contributed by atoms with Crippen LogP contribution in [0.25, 0.3) is 0 Å². The van der Waals surface area contributed by atoms with E-state index in [1.54, 1.807) is 11.8 Å². The van der Waals surface area contributed by atoms with Gasteiger partial charge in [-0.25, -0.2) is 0 Å². The highest BCUT2D eigenvalue weighted by atomic mass is 35.5. The minimum absolute atomic E-state index is 0.00649. The second kappa shape index (κ2) is 4.79. The fourth-order valence-electron chi connectivity index (χ4n) is 3.29. The molecule has 0 N–H and O–H groups in total. The van der Waals surface area contributed by atoms with E-state index < -0.39 is 5.41 Å². The molecule has 0 saturated carbocycles. The van der Waals surface area contributed by atoms with Crippen LogP contribution in [0.15, 0.2) is 18.2 Å². The van der Waals surface area contributed by atoms with E-state index in [4.69, 9.17) is 11.6 Å². The van der Waals surface area contributed by atoms with Gasteiger partial charge in [-0.05, 0) is 32.4 Å². The number of hydrogen-bond acceptors (Lipinski definition) is 2. The number of nitriles is 1. The van der Waals surface area contributed by atoms with E-state index in [-0.39, 0.29) is 11.3 Å². The molecule has 0 saturated heterocycles. The summed E-state index contributed by atoms with van der Waals surface area (Å²) in [7, 11) is 0. The summed E-state index contributed by atoms with van der Waals surface area (Å²) in [5.74, 6) is 0.00649. The van der Waals surface area contributed by atoms with E-state index in [9.17, 15) is 10.1 Å². The van der Waals surface area contributed by atoms with Crippen LogP contribution in [0.4, 0.5) is 5.69 Å². The number of anilines is 1. The first-order valence-electron chi connectivity index (χ1n) is 6.68. The number of fused-ring (bicyclic) bond motifs is 1. The number of rotatable bonds is 2. The Bertz CT molecular complexity index is 603. The maximum absolute atomic E-state index is 11.9. The molecule has 0 bridgehead atoms. The molecule has 0 fully saturated rings. The molecule has 1 heterocycles. The van der Waals surface area contributed by atoms with Gasteiger partial charge in [-0.2, -0.15) is 5.26 Å². The lowest BCUT2D eigenvalue weighted by Crippen LogP contribution is -2.36. The first kappa shape index (κ1) is 14.9. The summed E-state index contributed by atoms with van der Waals surface area (Å²) in [5.41, 5.74) is 1.11. The minimum Gasteiger partial charge on any atom is -0.311 e. The smallest absolute Gasteiger partial charge is 0.223 e. The molecule has 1 aliphatic rings. The molecule has 106 valence electrons. The van der Waals surface area contributed by atoms with Gasteiger partial charge < -0.3 is 4.90 Å². The first-order chi connectivity index (χ1) is 9.20. The molecular weight excluding hydrogens is 272 g/mol. The lowest BCUT2D eigenvalue weighted by molar-refractivity contribution is -0.116. The molecule has 1 aromatic carbocycles. The van der Waals surface area contributed by atoms with Crippen LogP contribution in [-0.2, 0) is 10.2 Å². The van der Waals surface area contributed by atoms with Gasteiger partial charge in [0.15, 0.2) is 0 Å². The molecule has 0 aromatic heterocycles. The summed E-state index contributed by atoms with van der Waals surface area (Å²) in [6.07, 6.45) is 0.664. The average molecular weight is 291 g/mol. The van der Waals surface area contributed by atoms with Crippen molar-refractivity contribution in [2.45, 2.75) is 39.5 Å². The molecule has 0 spiro atoms. The van der Waals surface area contributed by atoms with Gasteiger partial charge in [-0.15, -0.1) is 0 Å². The summed E-state index contributed by atoms with van der Waals surface area (Å²) in [4.78, 5) is 13.6. The van der Waals surface area contributed by atoms with Crippen LogP contribution in [0.2, 0.25) is 5.02 Å². The summed E-state index contributed by atoms with van der Waals surface area (Å²) in [5, 5.41) is 9.97. The predicted molar refractivity (Wildman–Crippen MR) is 80.8 cm³/mol. The van der Waals surface area contributed by atoms with E-state index in [0.29, 0.717) is 18.0 Å². The molecule has 1 unspecified atom stereocenters. The van der Waals surface area contributed by atoms with Crippen LogP contribution in [0.3, 0.4) is 0 Å².